The van der Waals surface area contributed by atoms with Crippen molar-refractivity contribution in [2.75, 3.05) is 4.90 Å². The molecule has 2 nitrogen and oxygen atoms in total. The van der Waals surface area contributed by atoms with Crippen LogP contribution in [0.5, 0.6) is 0 Å². The maximum absolute atomic E-state index is 2.71. The van der Waals surface area contributed by atoms with E-state index in [2.05, 4.69) is 88.3 Å². The fourth-order valence-corrected chi connectivity index (χ4v) is 5.45. The highest BCUT2D eigenvalue weighted by Gasteiger charge is 2.54. The largest absolute Gasteiger partial charge is 0.255 e. The average Bonchev–Trinajstić information content (AvgIpc) is 3.14. The molecule has 0 saturated heterocycles. The molecule has 2 atom stereocenters. The van der Waals surface area contributed by atoms with E-state index in [1.54, 1.807) is 0 Å². The van der Waals surface area contributed by atoms with Gasteiger partial charge in [-0.05, 0) is 69.4 Å². The smallest absolute Gasteiger partial charge is 0.252 e. The first-order valence-corrected chi connectivity index (χ1v) is 10.4. The van der Waals surface area contributed by atoms with Gasteiger partial charge in [0.05, 0.1) is 6.04 Å². The minimum atomic E-state index is 0.428. The van der Waals surface area contributed by atoms with Gasteiger partial charge in [-0.15, -0.1) is 0 Å². The second-order valence-corrected chi connectivity index (χ2v) is 8.66. The molecule has 2 aromatic carbocycles. The van der Waals surface area contributed by atoms with Crippen LogP contribution in [-0.2, 0) is 6.42 Å². The lowest BCUT2D eigenvalue weighted by atomic mass is 9.95. The van der Waals surface area contributed by atoms with Crippen LogP contribution in [0, 0.1) is 27.7 Å². The number of amidine groups is 1. The zero-order valence-corrected chi connectivity index (χ0v) is 17.9. The van der Waals surface area contributed by atoms with Crippen LogP contribution in [0.2, 0.25) is 0 Å². The molecule has 0 saturated carbocycles. The fourth-order valence-electron chi connectivity index (χ4n) is 5.45. The number of hydrogen-bond acceptors (Lipinski definition) is 1. The van der Waals surface area contributed by atoms with Gasteiger partial charge in [0.1, 0.15) is 11.7 Å². The molecule has 0 N–H and O–H groups in total. The minimum Gasteiger partial charge on any atom is -0.255 e. The normalized spacial score (nSPS) is 21.3. The van der Waals surface area contributed by atoms with Crippen molar-refractivity contribution in [2.45, 2.75) is 79.4 Å². The topological polar surface area (TPSA) is 6.25 Å². The summed E-state index contributed by atoms with van der Waals surface area (Å²) in [6.45, 7) is 16.1. The predicted octanol–water partition coefficient (Wildman–Crippen LogP) is 5.64. The first kappa shape index (κ1) is 18.3. The lowest BCUT2D eigenvalue weighted by molar-refractivity contribution is -0.588. The number of benzene rings is 2. The summed E-state index contributed by atoms with van der Waals surface area (Å²) in [5.41, 5.74) is 10.1. The van der Waals surface area contributed by atoms with Gasteiger partial charge >= 0.3 is 0 Å². The molecule has 0 aromatic heterocycles. The summed E-state index contributed by atoms with van der Waals surface area (Å²) < 4.78 is 2.71. The molecule has 0 fully saturated rings. The Balaban J connectivity index is 2.01. The molecular formula is C25H33N2+. The second-order valence-electron chi connectivity index (χ2n) is 8.66. The summed E-state index contributed by atoms with van der Waals surface area (Å²) in [5, 5.41) is 0. The monoisotopic (exact) mass is 361 g/mol. The quantitative estimate of drug-likeness (QED) is 0.642. The van der Waals surface area contributed by atoms with Crippen molar-refractivity contribution in [3.63, 3.8) is 0 Å². The zero-order chi connectivity index (χ0) is 19.5. The molecule has 142 valence electrons. The third kappa shape index (κ3) is 2.56. The lowest BCUT2D eigenvalue weighted by Gasteiger charge is -2.25. The Bertz CT molecular complexity index is 909. The minimum absolute atomic E-state index is 0.428. The molecule has 0 unspecified atom stereocenters. The van der Waals surface area contributed by atoms with Gasteiger partial charge in [-0.25, -0.2) is 4.90 Å². The van der Waals surface area contributed by atoms with E-state index in [4.69, 9.17) is 0 Å². The van der Waals surface area contributed by atoms with E-state index in [1.807, 2.05) is 0 Å². The first-order valence-electron chi connectivity index (χ1n) is 10.4. The maximum Gasteiger partial charge on any atom is 0.252 e. The van der Waals surface area contributed by atoms with Crippen LogP contribution in [0.15, 0.2) is 30.3 Å². The standard InChI is InChI=1S/C25H33N2/c1-8-23-26(15(2)3)22-14-20-11-9-10-12-21(20)25(22)27(23)24-18(6)16(4)13-17(5)19(24)7/h9-13,15,22,25H,8,14H2,1-7H3/q+1/t22-,25+/m0/s1. The molecule has 0 bridgehead atoms. The van der Waals surface area contributed by atoms with Crippen LogP contribution in [0.4, 0.5) is 5.69 Å². The summed E-state index contributed by atoms with van der Waals surface area (Å²) in [6.07, 6.45) is 2.22. The molecule has 1 heterocycles. The van der Waals surface area contributed by atoms with Crippen molar-refractivity contribution >= 4 is 11.5 Å². The molecule has 2 heteroatoms. The summed E-state index contributed by atoms with van der Waals surface area (Å²) in [6, 6.07) is 12.9. The Morgan fingerprint density at radius 1 is 1.04 bits per heavy atom. The Morgan fingerprint density at radius 2 is 1.67 bits per heavy atom. The third-order valence-electron chi connectivity index (χ3n) is 6.82. The van der Waals surface area contributed by atoms with Gasteiger partial charge in [-0.3, -0.25) is 4.58 Å². The van der Waals surface area contributed by atoms with Gasteiger partial charge in [0, 0.05) is 18.4 Å². The van der Waals surface area contributed by atoms with Gasteiger partial charge in [0.15, 0.2) is 6.04 Å². The number of fused-ring (bicyclic) bond motifs is 3. The van der Waals surface area contributed by atoms with E-state index in [9.17, 15) is 0 Å². The molecule has 0 spiro atoms. The average molecular weight is 362 g/mol. The van der Waals surface area contributed by atoms with Crippen molar-refractivity contribution in [3.05, 3.63) is 63.7 Å². The number of aryl methyl sites for hydroxylation is 2. The van der Waals surface area contributed by atoms with Crippen LogP contribution in [0.25, 0.3) is 0 Å². The van der Waals surface area contributed by atoms with Crippen molar-refractivity contribution in [1.82, 2.24) is 0 Å². The number of rotatable bonds is 3. The highest BCUT2D eigenvalue weighted by Crippen LogP contribution is 2.47. The van der Waals surface area contributed by atoms with Gasteiger partial charge in [-0.2, -0.15) is 0 Å². The molecule has 0 amide bonds. The van der Waals surface area contributed by atoms with Crippen LogP contribution >= 0.6 is 0 Å². The molecule has 27 heavy (non-hydrogen) atoms. The Morgan fingerprint density at radius 3 is 2.26 bits per heavy atom. The van der Waals surface area contributed by atoms with Gasteiger partial charge in [0.2, 0.25) is 0 Å². The Kier molecular flexibility index (Phi) is 4.41. The van der Waals surface area contributed by atoms with Crippen LogP contribution in [0.3, 0.4) is 0 Å². The summed E-state index contributed by atoms with van der Waals surface area (Å²) in [5.74, 6) is 1.49. The number of hydrogen-bond donors (Lipinski definition) is 0. The summed E-state index contributed by atoms with van der Waals surface area (Å²) >= 11 is 0. The van der Waals surface area contributed by atoms with Gasteiger partial charge in [0.25, 0.3) is 5.84 Å². The molecule has 1 aliphatic heterocycles. The van der Waals surface area contributed by atoms with E-state index in [1.165, 1.54) is 44.9 Å². The second kappa shape index (κ2) is 6.51. The van der Waals surface area contributed by atoms with Gasteiger partial charge in [-0.1, -0.05) is 37.3 Å². The SMILES string of the molecule is CCC1=[N+](C(C)C)[C@H]2Cc3ccccc3[C@H]2N1c1c(C)c(C)cc(C)c1C. The van der Waals surface area contributed by atoms with E-state index in [0.29, 0.717) is 18.1 Å². The molecule has 1 aliphatic carbocycles. The van der Waals surface area contributed by atoms with E-state index < -0.39 is 0 Å². The van der Waals surface area contributed by atoms with Crippen LogP contribution in [-0.4, -0.2) is 22.5 Å². The summed E-state index contributed by atoms with van der Waals surface area (Å²) in [4.78, 5) is 2.71. The molecule has 4 rings (SSSR count). The van der Waals surface area contributed by atoms with Gasteiger partial charge < -0.3 is 0 Å². The highest BCUT2D eigenvalue weighted by molar-refractivity contribution is 5.98. The fraction of sp³-hybridized carbons (Fsp3) is 0.480. The van der Waals surface area contributed by atoms with Crippen molar-refractivity contribution in [2.24, 2.45) is 0 Å². The van der Waals surface area contributed by atoms with Crippen molar-refractivity contribution in [3.8, 4) is 0 Å². The number of anilines is 1. The predicted molar refractivity (Wildman–Crippen MR) is 115 cm³/mol. The van der Waals surface area contributed by atoms with Crippen LogP contribution < -0.4 is 4.90 Å². The van der Waals surface area contributed by atoms with E-state index in [-0.39, 0.29) is 0 Å². The Labute approximate surface area is 164 Å². The van der Waals surface area contributed by atoms with E-state index >= 15 is 0 Å². The van der Waals surface area contributed by atoms with Crippen molar-refractivity contribution < 1.29 is 4.58 Å². The Hall–Kier alpha value is -2.09. The van der Waals surface area contributed by atoms with Crippen molar-refractivity contribution in [1.29, 1.82) is 0 Å². The number of nitrogens with zero attached hydrogens (tertiary/aromatic N) is 2. The lowest BCUT2D eigenvalue weighted by Crippen LogP contribution is -2.34. The van der Waals surface area contributed by atoms with Crippen LogP contribution in [0.1, 0.15) is 66.6 Å². The molecular weight excluding hydrogens is 328 g/mol. The third-order valence-corrected chi connectivity index (χ3v) is 6.82. The molecule has 2 aromatic rings. The maximum atomic E-state index is 2.71. The zero-order valence-electron chi connectivity index (χ0n) is 17.9. The van der Waals surface area contributed by atoms with E-state index in [0.717, 1.165) is 12.8 Å². The first-order chi connectivity index (χ1) is 12.9. The molecule has 2 aliphatic rings. The molecule has 0 radical (unpaired) electrons. The summed E-state index contributed by atoms with van der Waals surface area (Å²) in [7, 11) is 0. The highest BCUT2D eigenvalue weighted by atomic mass is 15.4.